The Morgan fingerprint density at radius 2 is 1.94 bits per heavy atom. The van der Waals surface area contributed by atoms with Crippen LogP contribution < -0.4 is 5.32 Å². The molecule has 170 valence electrons. The van der Waals surface area contributed by atoms with E-state index in [1.807, 2.05) is 6.92 Å². The van der Waals surface area contributed by atoms with E-state index in [-0.39, 0.29) is 12.5 Å². The lowest BCUT2D eigenvalue weighted by Gasteiger charge is -2.26. The van der Waals surface area contributed by atoms with Crippen molar-refractivity contribution in [3.8, 4) is 0 Å². The number of carbonyl (C=O) groups excluding carboxylic acids is 1. The Morgan fingerprint density at radius 3 is 2.50 bits per heavy atom. The van der Waals surface area contributed by atoms with E-state index in [0.717, 1.165) is 10.5 Å². The van der Waals surface area contributed by atoms with Crippen LogP contribution in [0.25, 0.3) is 0 Å². The van der Waals surface area contributed by atoms with Crippen LogP contribution in [0.4, 0.5) is 18.9 Å². The molecule has 0 radical (unpaired) electrons. The highest BCUT2D eigenvalue weighted by Gasteiger charge is 2.41. The molecule has 0 bridgehead atoms. The van der Waals surface area contributed by atoms with Crippen molar-refractivity contribution in [2.75, 3.05) is 18.4 Å². The Labute approximate surface area is 202 Å². The van der Waals surface area contributed by atoms with Crippen LogP contribution >= 0.6 is 39.1 Å². The van der Waals surface area contributed by atoms with Gasteiger partial charge in [-0.3, -0.25) is 9.80 Å². The fourth-order valence-electron chi connectivity index (χ4n) is 3.63. The van der Waals surface area contributed by atoms with Crippen LogP contribution in [-0.4, -0.2) is 29.7 Å². The third-order valence-corrected chi connectivity index (χ3v) is 5.90. The van der Waals surface area contributed by atoms with Gasteiger partial charge in [-0.15, -0.1) is 0 Å². The smallest absolute Gasteiger partial charge is 0.324 e. The zero-order valence-electron chi connectivity index (χ0n) is 16.9. The SMILES string of the molecule is C=C(Cl)CC1(C)CN(CC(=O)Nc2ccc(Br)cc2)N=C1c1ccc(C(F)(F)F)c(Cl)c1. The van der Waals surface area contributed by atoms with E-state index in [4.69, 9.17) is 23.2 Å². The Hall–Kier alpha value is -2.03. The van der Waals surface area contributed by atoms with Gasteiger partial charge in [-0.2, -0.15) is 18.3 Å². The summed E-state index contributed by atoms with van der Waals surface area (Å²) in [6.07, 6.45) is -4.23. The molecule has 1 amide bonds. The quantitative estimate of drug-likeness (QED) is 0.425. The Morgan fingerprint density at radius 1 is 1.28 bits per heavy atom. The van der Waals surface area contributed by atoms with E-state index in [1.165, 1.54) is 12.1 Å². The minimum atomic E-state index is -4.56. The van der Waals surface area contributed by atoms with E-state index in [2.05, 4.69) is 32.9 Å². The third kappa shape index (κ3) is 5.85. The van der Waals surface area contributed by atoms with Gasteiger partial charge in [-0.05, 0) is 48.4 Å². The van der Waals surface area contributed by atoms with Gasteiger partial charge >= 0.3 is 6.18 Å². The summed E-state index contributed by atoms with van der Waals surface area (Å²) in [6, 6.07) is 10.6. The molecule has 0 saturated heterocycles. The number of hydrazone groups is 1. The molecule has 32 heavy (non-hydrogen) atoms. The number of benzene rings is 2. The third-order valence-electron chi connectivity index (χ3n) is 4.93. The average molecular weight is 549 g/mol. The normalized spacial score (nSPS) is 18.5. The number of nitrogens with one attached hydrogen (secondary N) is 1. The lowest BCUT2D eigenvalue weighted by molar-refractivity contribution is -0.137. The summed E-state index contributed by atoms with van der Waals surface area (Å²) in [6.45, 7) is 5.90. The predicted octanol–water partition coefficient (Wildman–Crippen LogP) is 6.93. The van der Waals surface area contributed by atoms with Crippen molar-refractivity contribution in [1.29, 1.82) is 0 Å². The van der Waals surface area contributed by atoms with Gasteiger partial charge in [-0.25, -0.2) is 0 Å². The van der Waals surface area contributed by atoms with Crippen LogP contribution in [0.2, 0.25) is 5.02 Å². The minimum Gasteiger partial charge on any atom is -0.324 e. The minimum absolute atomic E-state index is 0.0434. The number of allylic oxidation sites excluding steroid dienone is 1. The second kappa shape index (κ2) is 9.45. The summed E-state index contributed by atoms with van der Waals surface area (Å²) >= 11 is 15.3. The number of nitrogens with zero attached hydrogens (tertiary/aromatic N) is 2. The predicted molar refractivity (Wildman–Crippen MR) is 125 cm³/mol. The largest absolute Gasteiger partial charge is 0.417 e. The summed E-state index contributed by atoms with van der Waals surface area (Å²) in [4.78, 5) is 12.5. The first-order chi connectivity index (χ1) is 14.9. The van der Waals surface area contributed by atoms with Crippen LogP contribution in [0.15, 0.2) is 63.6 Å². The summed E-state index contributed by atoms with van der Waals surface area (Å²) in [5, 5.41) is 8.85. The van der Waals surface area contributed by atoms with Crippen LogP contribution in [-0.2, 0) is 11.0 Å². The molecule has 1 aliphatic rings. The molecule has 10 heteroatoms. The second-order valence-corrected chi connectivity index (χ2v) is 9.63. The molecule has 3 rings (SSSR count). The van der Waals surface area contributed by atoms with Crippen molar-refractivity contribution in [3.05, 3.63) is 74.7 Å². The fourth-order valence-corrected chi connectivity index (χ4v) is 4.47. The topological polar surface area (TPSA) is 44.7 Å². The van der Waals surface area contributed by atoms with Crippen LogP contribution in [0, 0.1) is 5.41 Å². The number of hydrogen-bond donors (Lipinski definition) is 1. The molecule has 1 N–H and O–H groups in total. The molecule has 2 aromatic carbocycles. The highest BCUT2D eigenvalue weighted by atomic mass is 79.9. The first-order valence-electron chi connectivity index (χ1n) is 9.47. The number of anilines is 1. The lowest BCUT2D eigenvalue weighted by atomic mass is 9.79. The monoisotopic (exact) mass is 547 g/mol. The highest BCUT2D eigenvalue weighted by Crippen LogP contribution is 2.40. The van der Waals surface area contributed by atoms with Gasteiger partial charge in [0, 0.05) is 27.2 Å². The zero-order valence-corrected chi connectivity index (χ0v) is 20.0. The maximum absolute atomic E-state index is 13.1. The van der Waals surface area contributed by atoms with Gasteiger partial charge in [0.25, 0.3) is 0 Å². The van der Waals surface area contributed by atoms with Crippen LogP contribution in [0.3, 0.4) is 0 Å². The molecular weight excluding hydrogens is 530 g/mol. The van der Waals surface area contributed by atoms with Gasteiger partial charge in [0.1, 0.15) is 6.54 Å². The molecule has 0 aliphatic carbocycles. The zero-order chi connectivity index (χ0) is 23.7. The Kier molecular flexibility index (Phi) is 7.27. The number of alkyl halides is 3. The molecule has 0 saturated carbocycles. The van der Waals surface area contributed by atoms with E-state index < -0.39 is 22.2 Å². The standard InChI is InChI=1S/C22H19BrCl2F3N3O/c1-13(24)10-21(2)12-31(11-19(32)29-16-6-4-15(23)5-7-16)30-20(21)14-3-8-17(18(25)9-14)22(26,27)28/h3-9H,1,10-12H2,2H3,(H,29,32). The van der Waals surface area contributed by atoms with Gasteiger partial charge in [-0.1, -0.05) is 58.7 Å². The van der Waals surface area contributed by atoms with Crippen molar-refractivity contribution >= 4 is 56.4 Å². The summed E-state index contributed by atoms with van der Waals surface area (Å²) in [5.74, 6) is -0.283. The molecule has 1 atom stereocenters. The van der Waals surface area contributed by atoms with Crippen molar-refractivity contribution in [2.45, 2.75) is 19.5 Å². The number of hydrogen-bond acceptors (Lipinski definition) is 3. The van der Waals surface area contributed by atoms with Crippen molar-refractivity contribution in [1.82, 2.24) is 5.01 Å². The van der Waals surface area contributed by atoms with Gasteiger partial charge < -0.3 is 5.32 Å². The van der Waals surface area contributed by atoms with E-state index >= 15 is 0 Å². The highest BCUT2D eigenvalue weighted by molar-refractivity contribution is 9.10. The molecule has 1 heterocycles. The maximum Gasteiger partial charge on any atom is 0.417 e. The number of rotatable bonds is 6. The molecule has 0 aromatic heterocycles. The number of carbonyl (C=O) groups is 1. The Balaban J connectivity index is 1.85. The molecule has 4 nitrogen and oxygen atoms in total. The first kappa shape index (κ1) is 24.6. The summed E-state index contributed by atoms with van der Waals surface area (Å²) in [5.41, 5.74) is -0.0332. The van der Waals surface area contributed by atoms with E-state index in [1.54, 1.807) is 29.3 Å². The van der Waals surface area contributed by atoms with Gasteiger partial charge in [0.15, 0.2) is 0 Å². The molecule has 1 unspecified atom stereocenters. The van der Waals surface area contributed by atoms with Gasteiger partial charge in [0.2, 0.25) is 5.91 Å². The summed E-state index contributed by atoms with van der Waals surface area (Å²) < 4.78 is 40.2. The summed E-state index contributed by atoms with van der Waals surface area (Å²) in [7, 11) is 0. The molecule has 0 spiro atoms. The lowest BCUT2D eigenvalue weighted by Crippen LogP contribution is -2.34. The second-order valence-electron chi connectivity index (χ2n) is 7.77. The molecule has 1 aliphatic heterocycles. The number of halogens is 6. The van der Waals surface area contributed by atoms with E-state index in [9.17, 15) is 18.0 Å². The first-order valence-corrected chi connectivity index (χ1v) is 11.0. The molecular formula is C22H19BrCl2F3N3O. The van der Waals surface area contributed by atoms with Crippen LogP contribution in [0.1, 0.15) is 24.5 Å². The molecule has 2 aromatic rings. The number of amides is 1. The van der Waals surface area contributed by atoms with Crippen LogP contribution in [0.5, 0.6) is 0 Å². The van der Waals surface area contributed by atoms with Crippen molar-refractivity contribution in [3.63, 3.8) is 0 Å². The Bertz CT molecular complexity index is 1070. The maximum atomic E-state index is 13.1. The van der Waals surface area contributed by atoms with Crippen molar-refractivity contribution in [2.24, 2.45) is 10.5 Å². The van der Waals surface area contributed by atoms with Crippen molar-refractivity contribution < 1.29 is 18.0 Å². The fraction of sp³-hybridized carbons (Fsp3) is 0.273. The average Bonchev–Trinajstić information content (AvgIpc) is 2.97. The van der Waals surface area contributed by atoms with Gasteiger partial charge in [0.05, 0.1) is 16.3 Å². The van der Waals surface area contributed by atoms with E-state index in [0.29, 0.717) is 35.0 Å². The molecule has 0 fully saturated rings.